The Morgan fingerprint density at radius 2 is 2.22 bits per heavy atom. The fourth-order valence-corrected chi connectivity index (χ4v) is 1.86. The van der Waals surface area contributed by atoms with Gasteiger partial charge in [0.05, 0.1) is 0 Å². The van der Waals surface area contributed by atoms with Crippen LogP contribution in [-0.2, 0) is 7.05 Å². The fourth-order valence-electron chi connectivity index (χ4n) is 1.86. The van der Waals surface area contributed by atoms with Crippen molar-refractivity contribution in [1.29, 1.82) is 0 Å². The maximum Gasteiger partial charge on any atom is 0.246 e. The minimum absolute atomic E-state index is 0.100. The molecule has 5 heteroatoms. The molecule has 1 aromatic carbocycles. The minimum Gasteiger partial charge on any atom is -0.449 e. The summed E-state index contributed by atoms with van der Waals surface area (Å²) in [6, 6.07) is 7.69. The van der Waals surface area contributed by atoms with Gasteiger partial charge in [-0.1, -0.05) is 12.1 Å². The average molecular weight is 244 g/mol. The number of nitrogens with zero attached hydrogens (tertiary/aromatic N) is 2. The summed E-state index contributed by atoms with van der Waals surface area (Å²) >= 11 is 0. The Labute approximate surface area is 102 Å². The number of benzene rings is 1. The summed E-state index contributed by atoms with van der Waals surface area (Å²) in [6.07, 6.45) is 1.52. The predicted octanol–water partition coefficient (Wildman–Crippen LogP) is 2.54. The lowest BCUT2D eigenvalue weighted by atomic mass is 10.2. The number of ketones is 1. The van der Waals surface area contributed by atoms with Gasteiger partial charge in [-0.3, -0.25) is 9.48 Å². The highest BCUT2D eigenvalue weighted by Gasteiger charge is 2.18. The second kappa shape index (κ2) is 3.80. The van der Waals surface area contributed by atoms with Crippen LogP contribution in [-0.4, -0.2) is 15.6 Å². The lowest BCUT2D eigenvalue weighted by molar-refractivity contribution is 0.100. The first-order valence-corrected chi connectivity index (χ1v) is 5.37. The Balaban J connectivity index is 2.13. The third kappa shape index (κ3) is 1.52. The molecule has 0 amide bonds. The predicted molar refractivity (Wildman–Crippen MR) is 62.8 cm³/mol. The molecule has 90 valence electrons. The Bertz CT molecular complexity index is 742. The molecule has 0 radical (unpaired) electrons. The van der Waals surface area contributed by atoms with Crippen LogP contribution in [0.25, 0.3) is 11.0 Å². The van der Waals surface area contributed by atoms with Gasteiger partial charge >= 0.3 is 0 Å². The van der Waals surface area contributed by atoms with Crippen LogP contribution in [0.3, 0.4) is 0 Å². The zero-order valence-corrected chi connectivity index (χ0v) is 9.55. The highest BCUT2D eigenvalue weighted by atomic mass is 19.1. The van der Waals surface area contributed by atoms with Crippen molar-refractivity contribution in [2.75, 3.05) is 0 Å². The van der Waals surface area contributed by atoms with Crippen LogP contribution in [0.5, 0.6) is 0 Å². The van der Waals surface area contributed by atoms with E-state index >= 15 is 0 Å². The van der Waals surface area contributed by atoms with Crippen LogP contribution < -0.4 is 0 Å². The van der Waals surface area contributed by atoms with Crippen LogP contribution in [0, 0.1) is 5.82 Å². The van der Waals surface area contributed by atoms with Gasteiger partial charge in [0.25, 0.3) is 0 Å². The molecule has 0 bridgehead atoms. The van der Waals surface area contributed by atoms with Crippen molar-refractivity contribution in [2.24, 2.45) is 7.05 Å². The lowest BCUT2D eigenvalue weighted by Gasteiger charge is -1.97. The first kappa shape index (κ1) is 10.7. The van der Waals surface area contributed by atoms with Crippen molar-refractivity contribution in [2.45, 2.75) is 0 Å². The van der Waals surface area contributed by atoms with Crippen LogP contribution in [0.4, 0.5) is 4.39 Å². The molecule has 0 fully saturated rings. The standard InChI is InChI=1S/C13H9FN2O2/c1-16-10(5-6-15-16)12(17)11-7-8-3-2-4-9(14)13(8)18-11/h2-7H,1H3. The third-order valence-corrected chi connectivity index (χ3v) is 2.77. The average Bonchev–Trinajstić information content (AvgIpc) is 2.95. The molecule has 0 aliphatic rings. The van der Waals surface area contributed by atoms with Crippen molar-refractivity contribution < 1.29 is 13.6 Å². The molecule has 0 saturated heterocycles. The van der Waals surface area contributed by atoms with E-state index < -0.39 is 5.82 Å². The maximum absolute atomic E-state index is 13.5. The molecule has 0 aliphatic heterocycles. The second-order valence-corrected chi connectivity index (χ2v) is 3.94. The molecule has 2 aromatic heterocycles. The molecule has 0 saturated carbocycles. The largest absolute Gasteiger partial charge is 0.449 e. The maximum atomic E-state index is 13.5. The first-order valence-electron chi connectivity index (χ1n) is 5.37. The van der Waals surface area contributed by atoms with E-state index in [1.807, 2.05) is 0 Å². The SMILES string of the molecule is Cn1nccc1C(=O)c1cc2cccc(F)c2o1. The number of furan rings is 1. The molecule has 0 unspecified atom stereocenters. The highest BCUT2D eigenvalue weighted by Crippen LogP contribution is 2.23. The fraction of sp³-hybridized carbons (Fsp3) is 0.0769. The van der Waals surface area contributed by atoms with E-state index in [0.29, 0.717) is 11.1 Å². The molecule has 0 atom stereocenters. The first-order chi connectivity index (χ1) is 8.66. The summed E-state index contributed by atoms with van der Waals surface area (Å²) in [5.41, 5.74) is 0.498. The number of aromatic nitrogens is 2. The summed E-state index contributed by atoms with van der Waals surface area (Å²) in [6.45, 7) is 0. The number of aryl methyl sites for hydroxylation is 1. The smallest absolute Gasteiger partial charge is 0.246 e. The normalized spacial score (nSPS) is 11.0. The summed E-state index contributed by atoms with van der Waals surface area (Å²) in [5.74, 6) is -0.680. The van der Waals surface area contributed by atoms with Crippen LogP contribution in [0.1, 0.15) is 16.2 Å². The van der Waals surface area contributed by atoms with Crippen LogP contribution in [0.15, 0.2) is 40.9 Å². The van der Waals surface area contributed by atoms with Gasteiger partial charge in [0.15, 0.2) is 17.2 Å². The van der Waals surface area contributed by atoms with Gasteiger partial charge in [-0.2, -0.15) is 5.10 Å². The Morgan fingerprint density at radius 1 is 1.39 bits per heavy atom. The third-order valence-electron chi connectivity index (χ3n) is 2.77. The second-order valence-electron chi connectivity index (χ2n) is 3.94. The number of hydrogen-bond acceptors (Lipinski definition) is 3. The van der Waals surface area contributed by atoms with E-state index in [9.17, 15) is 9.18 Å². The Morgan fingerprint density at radius 3 is 2.89 bits per heavy atom. The molecule has 3 aromatic rings. The zero-order chi connectivity index (χ0) is 12.7. The number of para-hydroxylation sites is 1. The number of carbonyl (C=O) groups is 1. The van der Waals surface area contributed by atoms with E-state index in [2.05, 4.69) is 5.10 Å². The Kier molecular flexibility index (Phi) is 2.26. The van der Waals surface area contributed by atoms with Crippen LogP contribution >= 0.6 is 0 Å². The molecule has 0 spiro atoms. The monoisotopic (exact) mass is 244 g/mol. The summed E-state index contributed by atoms with van der Waals surface area (Å²) in [4.78, 5) is 12.1. The number of fused-ring (bicyclic) bond motifs is 1. The van der Waals surface area contributed by atoms with Gasteiger partial charge in [-0.05, 0) is 18.2 Å². The van der Waals surface area contributed by atoms with Gasteiger partial charge in [-0.25, -0.2) is 4.39 Å². The molecular formula is C13H9FN2O2. The lowest BCUT2D eigenvalue weighted by Crippen LogP contribution is -2.07. The van der Waals surface area contributed by atoms with Crippen molar-refractivity contribution in [3.63, 3.8) is 0 Å². The van der Waals surface area contributed by atoms with Crippen molar-refractivity contribution >= 4 is 16.8 Å². The number of halogens is 1. The molecular weight excluding hydrogens is 235 g/mol. The van der Waals surface area contributed by atoms with E-state index in [4.69, 9.17) is 4.42 Å². The quantitative estimate of drug-likeness (QED) is 0.651. The van der Waals surface area contributed by atoms with E-state index in [0.717, 1.165) is 0 Å². The van der Waals surface area contributed by atoms with Crippen molar-refractivity contribution in [3.05, 3.63) is 53.8 Å². The topological polar surface area (TPSA) is 48.0 Å². The van der Waals surface area contributed by atoms with E-state index in [1.165, 1.54) is 23.0 Å². The molecule has 2 heterocycles. The summed E-state index contributed by atoms with van der Waals surface area (Å²) < 4.78 is 20.2. The molecule has 4 nitrogen and oxygen atoms in total. The van der Waals surface area contributed by atoms with Gasteiger partial charge < -0.3 is 4.42 Å². The van der Waals surface area contributed by atoms with Gasteiger partial charge in [0.2, 0.25) is 5.78 Å². The molecule has 3 rings (SSSR count). The summed E-state index contributed by atoms with van der Waals surface area (Å²) in [5, 5.41) is 4.48. The van der Waals surface area contributed by atoms with Crippen molar-refractivity contribution in [3.8, 4) is 0 Å². The molecule has 18 heavy (non-hydrogen) atoms. The number of carbonyl (C=O) groups excluding carboxylic acids is 1. The minimum atomic E-state index is -0.475. The van der Waals surface area contributed by atoms with Gasteiger partial charge in [0.1, 0.15) is 5.69 Å². The number of hydrogen-bond donors (Lipinski definition) is 0. The van der Waals surface area contributed by atoms with E-state index in [-0.39, 0.29) is 17.1 Å². The highest BCUT2D eigenvalue weighted by molar-refractivity contribution is 6.07. The van der Waals surface area contributed by atoms with Crippen LogP contribution in [0.2, 0.25) is 0 Å². The number of rotatable bonds is 2. The molecule has 0 N–H and O–H groups in total. The Hall–Kier alpha value is -2.43. The van der Waals surface area contributed by atoms with Gasteiger partial charge in [0, 0.05) is 18.6 Å². The summed E-state index contributed by atoms with van der Waals surface area (Å²) in [7, 11) is 1.66. The van der Waals surface area contributed by atoms with Crippen molar-refractivity contribution in [1.82, 2.24) is 9.78 Å². The molecule has 0 aliphatic carbocycles. The zero-order valence-electron chi connectivity index (χ0n) is 9.55. The van der Waals surface area contributed by atoms with Gasteiger partial charge in [-0.15, -0.1) is 0 Å². The van der Waals surface area contributed by atoms with E-state index in [1.54, 1.807) is 25.2 Å².